The van der Waals surface area contributed by atoms with Crippen molar-refractivity contribution in [1.82, 2.24) is 10.2 Å². The van der Waals surface area contributed by atoms with Crippen LogP contribution in [0.15, 0.2) is 0 Å². The van der Waals surface area contributed by atoms with E-state index in [4.69, 9.17) is 9.47 Å². The molecule has 2 amide bonds. The first-order valence-electron chi connectivity index (χ1n) is 7.37. The Balaban J connectivity index is 1.90. The lowest BCUT2D eigenvalue weighted by atomic mass is 9.90. The fraction of sp³-hybridized carbons (Fsp3) is 0.857. The van der Waals surface area contributed by atoms with Gasteiger partial charge in [-0.05, 0) is 12.8 Å². The topological polar surface area (TPSA) is 88.1 Å². The van der Waals surface area contributed by atoms with Crippen LogP contribution in [0.2, 0.25) is 0 Å². The van der Waals surface area contributed by atoms with Crippen molar-refractivity contribution in [2.24, 2.45) is 5.92 Å². The van der Waals surface area contributed by atoms with E-state index in [9.17, 15) is 14.7 Å². The van der Waals surface area contributed by atoms with Crippen molar-refractivity contribution in [1.29, 1.82) is 0 Å². The van der Waals surface area contributed by atoms with Crippen LogP contribution in [0.25, 0.3) is 0 Å². The van der Waals surface area contributed by atoms with E-state index in [-0.39, 0.29) is 30.8 Å². The summed E-state index contributed by atoms with van der Waals surface area (Å²) in [5.41, 5.74) is -0.599. The largest absolute Gasteiger partial charge is 0.394 e. The number of nitrogens with one attached hydrogen (secondary N) is 1. The Kier molecular flexibility index (Phi) is 5.55. The third kappa shape index (κ3) is 3.93. The molecule has 0 aromatic rings. The smallest absolute Gasteiger partial charge is 0.225 e. The third-order valence-electron chi connectivity index (χ3n) is 4.29. The first-order chi connectivity index (χ1) is 10.1. The molecular formula is C14H24N2O5. The summed E-state index contributed by atoms with van der Waals surface area (Å²) in [5.74, 6) is -0.517. The number of ether oxygens (including phenoxy) is 2. The summed E-state index contributed by atoms with van der Waals surface area (Å²) in [4.78, 5) is 25.9. The number of carbonyl (C=O) groups excluding carboxylic acids is 2. The van der Waals surface area contributed by atoms with E-state index in [1.54, 1.807) is 12.0 Å². The monoisotopic (exact) mass is 300 g/mol. The van der Waals surface area contributed by atoms with Gasteiger partial charge < -0.3 is 24.8 Å². The summed E-state index contributed by atoms with van der Waals surface area (Å²) >= 11 is 0. The van der Waals surface area contributed by atoms with Crippen molar-refractivity contribution < 1.29 is 24.2 Å². The lowest BCUT2D eigenvalue weighted by molar-refractivity contribution is -0.130. The number of hydrogen-bond donors (Lipinski definition) is 2. The second-order valence-corrected chi connectivity index (χ2v) is 5.77. The van der Waals surface area contributed by atoms with Gasteiger partial charge in [0.05, 0.1) is 24.7 Å². The minimum Gasteiger partial charge on any atom is -0.394 e. The Morgan fingerprint density at radius 3 is 2.86 bits per heavy atom. The van der Waals surface area contributed by atoms with Crippen LogP contribution in [0, 0.1) is 5.92 Å². The zero-order valence-electron chi connectivity index (χ0n) is 12.5. The number of likely N-dealkylation sites (tertiary alicyclic amines) is 1. The molecule has 1 atom stereocenters. The quantitative estimate of drug-likeness (QED) is 0.666. The Labute approximate surface area is 124 Å². The predicted octanol–water partition coefficient (Wildman–Crippen LogP) is -0.861. The highest BCUT2D eigenvalue weighted by Gasteiger charge is 2.39. The SMILES string of the molecule is COCCN1CC(C(=O)NC2(CO)CCOCC2)CC1=O. The first-order valence-corrected chi connectivity index (χ1v) is 7.37. The fourth-order valence-corrected chi connectivity index (χ4v) is 2.81. The number of hydrogen-bond acceptors (Lipinski definition) is 5. The van der Waals surface area contributed by atoms with Crippen LogP contribution in [0.1, 0.15) is 19.3 Å². The van der Waals surface area contributed by atoms with Crippen molar-refractivity contribution in [3.63, 3.8) is 0 Å². The van der Waals surface area contributed by atoms with E-state index in [1.165, 1.54) is 0 Å². The maximum absolute atomic E-state index is 12.4. The molecule has 2 saturated heterocycles. The maximum Gasteiger partial charge on any atom is 0.225 e. The Hall–Kier alpha value is -1.18. The van der Waals surface area contributed by atoms with Gasteiger partial charge in [0.2, 0.25) is 11.8 Å². The highest BCUT2D eigenvalue weighted by molar-refractivity contribution is 5.89. The lowest BCUT2D eigenvalue weighted by Gasteiger charge is -2.37. The number of methoxy groups -OCH3 is 1. The average molecular weight is 300 g/mol. The summed E-state index contributed by atoms with van der Waals surface area (Å²) in [7, 11) is 1.58. The van der Waals surface area contributed by atoms with Gasteiger partial charge in [0, 0.05) is 39.8 Å². The second-order valence-electron chi connectivity index (χ2n) is 5.77. The summed E-state index contributed by atoms with van der Waals surface area (Å²) in [6.45, 7) is 2.37. The normalized spacial score (nSPS) is 25.1. The van der Waals surface area contributed by atoms with Gasteiger partial charge in [-0.25, -0.2) is 0 Å². The molecule has 0 aromatic heterocycles. The van der Waals surface area contributed by atoms with E-state index in [0.29, 0.717) is 45.8 Å². The molecule has 7 nitrogen and oxygen atoms in total. The van der Waals surface area contributed by atoms with Gasteiger partial charge >= 0.3 is 0 Å². The Morgan fingerprint density at radius 1 is 1.52 bits per heavy atom. The minimum atomic E-state index is -0.599. The second kappa shape index (κ2) is 7.20. The van der Waals surface area contributed by atoms with Crippen LogP contribution in [0.3, 0.4) is 0 Å². The van der Waals surface area contributed by atoms with Crippen LogP contribution in [0.5, 0.6) is 0 Å². The summed E-state index contributed by atoms with van der Waals surface area (Å²) in [6, 6.07) is 0. The molecule has 2 fully saturated rings. The van der Waals surface area contributed by atoms with E-state index in [2.05, 4.69) is 5.32 Å². The van der Waals surface area contributed by atoms with Gasteiger partial charge in [0.25, 0.3) is 0 Å². The molecule has 21 heavy (non-hydrogen) atoms. The van der Waals surface area contributed by atoms with Gasteiger partial charge in [-0.15, -0.1) is 0 Å². The number of nitrogens with zero attached hydrogens (tertiary/aromatic N) is 1. The van der Waals surface area contributed by atoms with Crippen LogP contribution < -0.4 is 5.32 Å². The molecule has 2 rings (SSSR count). The molecule has 7 heteroatoms. The van der Waals surface area contributed by atoms with Crippen molar-refractivity contribution >= 4 is 11.8 Å². The number of aliphatic hydroxyl groups excluding tert-OH is 1. The molecule has 0 aromatic carbocycles. The molecule has 2 aliphatic rings. The summed E-state index contributed by atoms with van der Waals surface area (Å²) < 4.78 is 10.2. The van der Waals surface area contributed by atoms with Crippen molar-refractivity contribution in [3.8, 4) is 0 Å². The van der Waals surface area contributed by atoms with Crippen molar-refractivity contribution in [3.05, 3.63) is 0 Å². The van der Waals surface area contributed by atoms with Crippen LogP contribution in [-0.2, 0) is 19.1 Å². The number of amides is 2. The van der Waals surface area contributed by atoms with Gasteiger partial charge in [0.1, 0.15) is 0 Å². The van der Waals surface area contributed by atoms with Gasteiger partial charge in [-0.1, -0.05) is 0 Å². The molecule has 120 valence electrons. The molecule has 0 bridgehead atoms. The van der Waals surface area contributed by atoms with Crippen LogP contribution in [-0.4, -0.2) is 74.0 Å². The predicted molar refractivity (Wildman–Crippen MR) is 74.6 cm³/mol. The lowest BCUT2D eigenvalue weighted by Crippen LogP contribution is -2.56. The molecule has 2 heterocycles. The van der Waals surface area contributed by atoms with E-state index in [0.717, 1.165) is 0 Å². The minimum absolute atomic E-state index is 0.0165. The molecule has 1 unspecified atom stereocenters. The van der Waals surface area contributed by atoms with Gasteiger partial charge in [-0.2, -0.15) is 0 Å². The van der Waals surface area contributed by atoms with E-state index >= 15 is 0 Å². The van der Waals surface area contributed by atoms with Crippen LogP contribution >= 0.6 is 0 Å². The molecule has 0 aliphatic carbocycles. The highest BCUT2D eigenvalue weighted by Crippen LogP contribution is 2.23. The zero-order chi connectivity index (χ0) is 15.3. The Bertz CT molecular complexity index is 382. The van der Waals surface area contributed by atoms with Gasteiger partial charge in [0.15, 0.2) is 0 Å². The third-order valence-corrected chi connectivity index (χ3v) is 4.29. The van der Waals surface area contributed by atoms with Crippen LogP contribution in [0.4, 0.5) is 0 Å². The summed E-state index contributed by atoms with van der Waals surface area (Å²) in [6.07, 6.45) is 1.43. The first kappa shape index (κ1) is 16.2. The summed E-state index contributed by atoms with van der Waals surface area (Å²) in [5, 5.41) is 12.5. The Morgan fingerprint density at radius 2 is 2.24 bits per heavy atom. The molecule has 2 N–H and O–H groups in total. The number of carbonyl (C=O) groups is 2. The van der Waals surface area contributed by atoms with E-state index < -0.39 is 5.54 Å². The molecule has 0 saturated carbocycles. The molecule has 0 radical (unpaired) electrons. The number of rotatable bonds is 6. The fourth-order valence-electron chi connectivity index (χ4n) is 2.81. The number of aliphatic hydroxyl groups is 1. The van der Waals surface area contributed by atoms with E-state index in [1.807, 2.05) is 0 Å². The highest BCUT2D eigenvalue weighted by atomic mass is 16.5. The van der Waals surface area contributed by atoms with Gasteiger partial charge in [-0.3, -0.25) is 9.59 Å². The molecule has 2 aliphatic heterocycles. The maximum atomic E-state index is 12.4. The molecular weight excluding hydrogens is 276 g/mol. The standard InChI is InChI=1S/C14H24N2O5/c1-20-7-4-16-9-11(8-12(16)18)13(19)15-14(10-17)2-5-21-6-3-14/h11,17H,2-10H2,1H3,(H,15,19). The molecule has 0 spiro atoms. The zero-order valence-corrected chi connectivity index (χ0v) is 12.5. The van der Waals surface area contributed by atoms with Crippen molar-refractivity contribution in [2.75, 3.05) is 46.6 Å². The average Bonchev–Trinajstić information content (AvgIpc) is 2.87. The van der Waals surface area contributed by atoms with Crippen molar-refractivity contribution in [2.45, 2.75) is 24.8 Å².